The average Bonchev–Trinajstić information content (AvgIpc) is 2.81. The molecular formula is C27H26ClFN2O. The van der Waals surface area contributed by atoms with Crippen LogP contribution in [0.3, 0.4) is 0 Å². The summed E-state index contributed by atoms with van der Waals surface area (Å²) in [6, 6.07) is 29.7. The highest BCUT2D eigenvalue weighted by atomic mass is 35.5. The predicted octanol–water partition coefficient (Wildman–Crippen LogP) is 6.65. The van der Waals surface area contributed by atoms with Gasteiger partial charge in [-0.1, -0.05) is 60.7 Å². The molecule has 0 saturated carbocycles. The minimum atomic E-state index is -0.235. The molecule has 0 saturated heterocycles. The minimum Gasteiger partial charge on any atom is -0.485 e. The van der Waals surface area contributed by atoms with Gasteiger partial charge in [0.1, 0.15) is 17.7 Å². The monoisotopic (exact) mass is 448 g/mol. The van der Waals surface area contributed by atoms with Gasteiger partial charge in [0.15, 0.2) is 0 Å². The lowest BCUT2D eigenvalue weighted by molar-refractivity contribution is 0.190. The lowest BCUT2D eigenvalue weighted by atomic mass is 9.99. The first-order chi connectivity index (χ1) is 15.2. The Bertz CT molecular complexity index is 1210. The molecule has 1 heterocycles. The van der Waals surface area contributed by atoms with Crippen molar-refractivity contribution >= 4 is 34.6 Å². The third kappa shape index (κ3) is 4.43. The quantitative estimate of drug-likeness (QED) is 0.370. The zero-order valence-corrected chi connectivity index (χ0v) is 18.7. The van der Waals surface area contributed by atoms with Crippen molar-refractivity contribution in [3.05, 3.63) is 102 Å². The van der Waals surface area contributed by atoms with Gasteiger partial charge in [0.25, 0.3) is 0 Å². The number of anilines is 2. The number of fused-ring (bicyclic) bond motifs is 2. The van der Waals surface area contributed by atoms with Crippen LogP contribution in [0.5, 0.6) is 5.75 Å². The summed E-state index contributed by atoms with van der Waals surface area (Å²) < 4.78 is 20.2. The summed E-state index contributed by atoms with van der Waals surface area (Å²) in [5.41, 5.74) is 3.07. The maximum absolute atomic E-state index is 13.9. The van der Waals surface area contributed by atoms with E-state index in [0.29, 0.717) is 13.1 Å². The van der Waals surface area contributed by atoms with Crippen LogP contribution in [-0.4, -0.2) is 19.2 Å². The standard InChI is InChI=1S/C27H25FN2O.ClH/c1-19(24-13-6-9-20-8-2-3-12-25(20)24)29-17-23-18-30(22-11-7-10-21(28)16-22)26-14-4-5-15-27(26)31-23;/h2-16,19,23,29H,17-18H2,1H3;1H/t19-,23?;/m1./s1. The number of nitrogens with zero attached hydrogens (tertiary/aromatic N) is 1. The first kappa shape index (κ1) is 22.1. The van der Waals surface area contributed by atoms with E-state index in [0.717, 1.165) is 17.1 Å². The summed E-state index contributed by atoms with van der Waals surface area (Å²) in [7, 11) is 0. The first-order valence-corrected chi connectivity index (χ1v) is 10.7. The SMILES string of the molecule is C[C@@H](NCC1CN(c2cccc(F)c2)c2ccccc2O1)c1cccc2ccccc12.Cl. The summed E-state index contributed by atoms with van der Waals surface area (Å²) in [6.45, 7) is 3.52. The minimum absolute atomic E-state index is 0. The largest absolute Gasteiger partial charge is 0.485 e. The number of halogens is 2. The van der Waals surface area contributed by atoms with Crippen LogP contribution in [-0.2, 0) is 0 Å². The van der Waals surface area contributed by atoms with Crippen molar-refractivity contribution in [3.8, 4) is 5.75 Å². The van der Waals surface area contributed by atoms with Gasteiger partial charge in [-0.25, -0.2) is 4.39 Å². The molecule has 1 N–H and O–H groups in total. The van der Waals surface area contributed by atoms with Crippen molar-refractivity contribution < 1.29 is 9.13 Å². The number of para-hydroxylation sites is 2. The van der Waals surface area contributed by atoms with Gasteiger partial charge in [0.2, 0.25) is 0 Å². The van der Waals surface area contributed by atoms with E-state index in [1.54, 1.807) is 12.1 Å². The lowest BCUT2D eigenvalue weighted by Gasteiger charge is -2.37. The number of hydrogen-bond acceptors (Lipinski definition) is 3. The molecule has 0 spiro atoms. The Morgan fingerprint density at radius 1 is 0.969 bits per heavy atom. The Labute approximate surface area is 194 Å². The Balaban J connectivity index is 0.00000245. The second-order valence-electron chi connectivity index (χ2n) is 8.00. The van der Waals surface area contributed by atoms with E-state index in [9.17, 15) is 4.39 Å². The molecule has 0 bridgehead atoms. The normalized spacial score (nSPS) is 16.1. The molecule has 0 fully saturated rings. The number of benzene rings is 4. The number of hydrogen-bond donors (Lipinski definition) is 1. The summed E-state index contributed by atoms with van der Waals surface area (Å²) in [5.74, 6) is 0.586. The molecule has 5 heteroatoms. The third-order valence-corrected chi connectivity index (χ3v) is 5.90. The topological polar surface area (TPSA) is 24.5 Å². The van der Waals surface area contributed by atoms with E-state index in [1.165, 1.54) is 22.4 Å². The fourth-order valence-electron chi connectivity index (χ4n) is 4.34. The summed E-state index contributed by atoms with van der Waals surface area (Å²) in [6.07, 6.45) is -0.0596. The molecule has 0 radical (unpaired) electrons. The van der Waals surface area contributed by atoms with E-state index < -0.39 is 0 Å². The predicted molar refractivity (Wildman–Crippen MR) is 132 cm³/mol. The second kappa shape index (κ2) is 9.60. The van der Waals surface area contributed by atoms with Gasteiger partial charge in [-0.15, -0.1) is 12.4 Å². The highest BCUT2D eigenvalue weighted by molar-refractivity contribution is 5.86. The molecule has 1 unspecified atom stereocenters. The summed E-state index contributed by atoms with van der Waals surface area (Å²) >= 11 is 0. The molecule has 0 aromatic heterocycles. The van der Waals surface area contributed by atoms with Gasteiger partial charge in [-0.05, 0) is 53.6 Å². The van der Waals surface area contributed by atoms with Crippen LogP contribution in [0.4, 0.5) is 15.8 Å². The molecular weight excluding hydrogens is 423 g/mol. The Hall–Kier alpha value is -3.08. The Morgan fingerprint density at radius 2 is 1.72 bits per heavy atom. The number of rotatable bonds is 5. The molecule has 3 nitrogen and oxygen atoms in total. The van der Waals surface area contributed by atoms with Gasteiger partial charge < -0.3 is 15.0 Å². The molecule has 32 heavy (non-hydrogen) atoms. The van der Waals surface area contributed by atoms with Crippen LogP contribution >= 0.6 is 12.4 Å². The molecule has 164 valence electrons. The van der Waals surface area contributed by atoms with E-state index in [-0.39, 0.29) is 30.4 Å². The van der Waals surface area contributed by atoms with Gasteiger partial charge in [-0.3, -0.25) is 0 Å². The number of ether oxygens (including phenoxy) is 1. The van der Waals surface area contributed by atoms with Gasteiger partial charge in [-0.2, -0.15) is 0 Å². The van der Waals surface area contributed by atoms with E-state index >= 15 is 0 Å². The maximum atomic E-state index is 13.9. The van der Waals surface area contributed by atoms with Crippen molar-refractivity contribution in [3.63, 3.8) is 0 Å². The van der Waals surface area contributed by atoms with Crippen molar-refractivity contribution in [2.45, 2.75) is 19.1 Å². The molecule has 1 aliphatic heterocycles. The Morgan fingerprint density at radius 3 is 2.59 bits per heavy atom. The van der Waals surface area contributed by atoms with Gasteiger partial charge in [0.05, 0.1) is 12.2 Å². The highest BCUT2D eigenvalue weighted by Crippen LogP contribution is 2.38. The van der Waals surface area contributed by atoms with Crippen LogP contribution < -0.4 is 15.0 Å². The summed E-state index contributed by atoms with van der Waals surface area (Å²) in [4.78, 5) is 2.14. The van der Waals surface area contributed by atoms with E-state index in [2.05, 4.69) is 59.6 Å². The van der Waals surface area contributed by atoms with Crippen LogP contribution in [0.25, 0.3) is 10.8 Å². The molecule has 0 amide bonds. The summed E-state index contributed by atoms with van der Waals surface area (Å²) in [5, 5.41) is 6.16. The zero-order chi connectivity index (χ0) is 21.2. The van der Waals surface area contributed by atoms with E-state index in [1.807, 2.05) is 30.3 Å². The average molecular weight is 449 g/mol. The molecule has 4 aromatic rings. The van der Waals surface area contributed by atoms with Gasteiger partial charge >= 0.3 is 0 Å². The van der Waals surface area contributed by atoms with Crippen LogP contribution in [0.15, 0.2) is 91.0 Å². The first-order valence-electron chi connectivity index (χ1n) is 10.7. The second-order valence-corrected chi connectivity index (χ2v) is 8.00. The van der Waals surface area contributed by atoms with Crippen molar-refractivity contribution in [2.75, 3.05) is 18.0 Å². The van der Waals surface area contributed by atoms with Crippen molar-refractivity contribution in [1.82, 2.24) is 5.32 Å². The van der Waals surface area contributed by atoms with Crippen LogP contribution in [0.2, 0.25) is 0 Å². The molecule has 0 aliphatic carbocycles. The molecule has 2 atom stereocenters. The smallest absolute Gasteiger partial charge is 0.143 e. The van der Waals surface area contributed by atoms with Gasteiger partial charge in [0, 0.05) is 18.3 Å². The molecule has 1 aliphatic rings. The van der Waals surface area contributed by atoms with E-state index in [4.69, 9.17) is 4.74 Å². The fraction of sp³-hybridized carbons (Fsp3) is 0.185. The Kier molecular flexibility index (Phi) is 6.63. The van der Waals surface area contributed by atoms with Crippen molar-refractivity contribution in [2.24, 2.45) is 0 Å². The lowest BCUT2D eigenvalue weighted by Crippen LogP contribution is -2.44. The van der Waals surface area contributed by atoms with Crippen LogP contribution in [0.1, 0.15) is 18.5 Å². The van der Waals surface area contributed by atoms with Crippen LogP contribution in [0, 0.1) is 5.82 Å². The fourth-order valence-corrected chi connectivity index (χ4v) is 4.34. The third-order valence-electron chi connectivity index (χ3n) is 5.90. The van der Waals surface area contributed by atoms with Crippen molar-refractivity contribution in [1.29, 1.82) is 0 Å². The zero-order valence-electron chi connectivity index (χ0n) is 17.9. The molecule has 4 aromatic carbocycles. The molecule has 5 rings (SSSR count). The maximum Gasteiger partial charge on any atom is 0.143 e. The highest BCUT2D eigenvalue weighted by Gasteiger charge is 2.27. The number of nitrogens with one attached hydrogen (secondary N) is 1.